The predicted octanol–water partition coefficient (Wildman–Crippen LogP) is -1.71. The van der Waals surface area contributed by atoms with Gasteiger partial charge in [-0.05, 0) is 11.6 Å². The normalized spacial score (nSPS) is 11.0. The maximum absolute atomic E-state index is 12.5. The number of nitrogens with zero attached hydrogens (tertiary/aromatic N) is 6. The molecule has 0 aromatic carbocycles. The Morgan fingerprint density at radius 2 is 2.11 bits per heavy atom. The monoisotopic (exact) mass is 373 g/mol. The largest absolute Gasteiger partial charge is 0.461 e. The van der Waals surface area contributed by atoms with Crippen LogP contribution in [0.25, 0.3) is 11.2 Å². The number of pyridine rings is 1. The summed E-state index contributed by atoms with van der Waals surface area (Å²) < 4.78 is 7.66. The smallest absolute Gasteiger partial charge is 0.336 e. The minimum Gasteiger partial charge on any atom is -0.461 e. The molecule has 2 N–H and O–H groups in total. The van der Waals surface area contributed by atoms with Crippen molar-refractivity contribution in [2.75, 3.05) is 26.3 Å². The van der Waals surface area contributed by atoms with E-state index >= 15 is 0 Å². The molecule has 3 aromatic heterocycles. The summed E-state index contributed by atoms with van der Waals surface area (Å²) in [6, 6.07) is 3.51. The van der Waals surface area contributed by atoms with Gasteiger partial charge in [-0.3, -0.25) is 18.9 Å². The second-order valence-electron chi connectivity index (χ2n) is 5.68. The van der Waals surface area contributed by atoms with E-state index in [4.69, 9.17) is 9.84 Å². The van der Waals surface area contributed by atoms with E-state index in [0.717, 1.165) is 10.1 Å². The SMILES string of the molecule is Cn1c(=O)c2nc(OCCNCCO)nnc2n(Cc2cccnc2)c1=O. The second-order valence-corrected chi connectivity index (χ2v) is 5.68. The fourth-order valence-corrected chi connectivity index (χ4v) is 2.44. The Morgan fingerprint density at radius 1 is 1.26 bits per heavy atom. The molecule has 3 rings (SSSR count). The zero-order chi connectivity index (χ0) is 19.2. The number of hydrogen-bond acceptors (Lipinski definition) is 9. The van der Waals surface area contributed by atoms with E-state index in [2.05, 4.69) is 25.5 Å². The molecule has 0 radical (unpaired) electrons. The van der Waals surface area contributed by atoms with Gasteiger partial charge in [0.1, 0.15) is 6.61 Å². The Kier molecular flexibility index (Phi) is 5.84. The van der Waals surface area contributed by atoms with E-state index in [9.17, 15) is 9.59 Å². The molecule has 11 heteroatoms. The number of fused-ring (bicyclic) bond motifs is 1. The first kappa shape index (κ1) is 18.6. The van der Waals surface area contributed by atoms with Crippen LogP contribution in [-0.2, 0) is 13.6 Å². The molecule has 3 aromatic rings. The van der Waals surface area contributed by atoms with Crippen molar-refractivity contribution in [2.24, 2.45) is 7.05 Å². The van der Waals surface area contributed by atoms with Crippen LogP contribution in [-0.4, -0.2) is 60.7 Å². The first-order valence-electron chi connectivity index (χ1n) is 8.29. The third-order valence-electron chi connectivity index (χ3n) is 3.79. The van der Waals surface area contributed by atoms with E-state index in [0.29, 0.717) is 13.1 Å². The molecule has 0 amide bonds. The highest BCUT2D eigenvalue weighted by Gasteiger charge is 2.16. The fraction of sp³-hybridized carbons (Fsp3) is 0.375. The Hall–Kier alpha value is -3.18. The lowest BCUT2D eigenvalue weighted by molar-refractivity contribution is 0.266. The highest BCUT2D eigenvalue weighted by molar-refractivity contribution is 5.68. The number of aromatic nitrogens is 6. The number of ether oxygens (including phenoxy) is 1. The molecule has 0 fully saturated rings. The van der Waals surface area contributed by atoms with Gasteiger partial charge in [-0.2, -0.15) is 4.98 Å². The molecule has 0 saturated heterocycles. The minimum absolute atomic E-state index is 0.00527. The lowest BCUT2D eigenvalue weighted by Gasteiger charge is -2.11. The number of hydrogen-bond donors (Lipinski definition) is 2. The molecule has 0 aliphatic heterocycles. The molecule has 27 heavy (non-hydrogen) atoms. The second kappa shape index (κ2) is 8.47. The summed E-state index contributed by atoms with van der Waals surface area (Å²) in [5.41, 5.74) is -0.242. The summed E-state index contributed by atoms with van der Waals surface area (Å²) in [6.07, 6.45) is 3.26. The molecule has 0 aliphatic carbocycles. The Morgan fingerprint density at radius 3 is 2.85 bits per heavy atom. The van der Waals surface area contributed by atoms with Gasteiger partial charge in [0.25, 0.3) is 5.56 Å². The maximum Gasteiger partial charge on any atom is 0.336 e. The molecular weight excluding hydrogens is 354 g/mol. The Labute approximate surface area is 153 Å². The van der Waals surface area contributed by atoms with E-state index in [1.807, 2.05) is 6.07 Å². The number of nitrogens with one attached hydrogen (secondary N) is 1. The third-order valence-corrected chi connectivity index (χ3v) is 3.79. The number of rotatable bonds is 8. The van der Waals surface area contributed by atoms with Crippen molar-refractivity contribution in [2.45, 2.75) is 6.54 Å². The van der Waals surface area contributed by atoms with Gasteiger partial charge >= 0.3 is 11.7 Å². The lowest BCUT2D eigenvalue weighted by atomic mass is 10.3. The first-order valence-corrected chi connectivity index (χ1v) is 8.29. The lowest BCUT2D eigenvalue weighted by Crippen LogP contribution is -2.39. The first-order chi connectivity index (χ1) is 13.1. The van der Waals surface area contributed by atoms with Crippen LogP contribution in [0.5, 0.6) is 6.01 Å². The van der Waals surface area contributed by atoms with Crippen molar-refractivity contribution in [3.05, 3.63) is 50.9 Å². The van der Waals surface area contributed by atoms with Gasteiger partial charge in [-0.15, -0.1) is 5.10 Å². The van der Waals surface area contributed by atoms with Gasteiger partial charge in [0.15, 0.2) is 11.2 Å². The zero-order valence-electron chi connectivity index (χ0n) is 14.7. The van der Waals surface area contributed by atoms with Gasteiger partial charge < -0.3 is 15.2 Å². The summed E-state index contributed by atoms with van der Waals surface area (Å²) in [4.78, 5) is 33.1. The van der Waals surface area contributed by atoms with Crippen LogP contribution in [0.2, 0.25) is 0 Å². The van der Waals surface area contributed by atoms with Crippen molar-refractivity contribution >= 4 is 11.2 Å². The Balaban J connectivity index is 1.94. The van der Waals surface area contributed by atoms with Crippen molar-refractivity contribution in [1.82, 2.24) is 34.6 Å². The van der Waals surface area contributed by atoms with Gasteiger partial charge in [-0.25, -0.2) is 4.79 Å². The number of aliphatic hydroxyl groups is 1. The molecule has 0 aliphatic rings. The van der Waals surface area contributed by atoms with Crippen LogP contribution in [0, 0.1) is 0 Å². The summed E-state index contributed by atoms with van der Waals surface area (Å²) in [7, 11) is 1.38. The summed E-state index contributed by atoms with van der Waals surface area (Å²) in [6.45, 7) is 1.36. The van der Waals surface area contributed by atoms with Crippen LogP contribution >= 0.6 is 0 Å². The molecule has 0 atom stereocenters. The summed E-state index contributed by atoms with van der Waals surface area (Å²) in [5, 5.41) is 19.5. The molecule has 142 valence electrons. The predicted molar refractivity (Wildman–Crippen MR) is 95.6 cm³/mol. The fourth-order valence-electron chi connectivity index (χ4n) is 2.44. The van der Waals surface area contributed by atoms with Crippen molar-refractivity contribution in [3.63, 3.8) is 0 Å². The average molecular weight is 373 g/mol. The molecule has 0 spiro atoms. The van der Waals surface area contributed by atoms with Crippen LogP contribution in [0.4, 0.5) is 0 Å². The van der Waals surface area contributed by atoms with Crippen LogP contribution < -0.4 is 21.3 Å². The number of aliphatic hydroxyl groups excluding tert-OH is 1. The third kappa shape index (κ3) is 4.15. The standard InChI is InChI=1S/C16H19N7O4/c1-22-14(25)12-13(20-21-15(19-12)27-8-6-17-5-7-24)23(16(22)26)10-11-3-2-4-18-9-11/h2-4,9,17,24H,5-8,10H2,1H3. The Bertz CT molecular complexity index is 1030. The minimum atomic E-state index is -0.574. The summed E-state index contributed by atoms with van der Waals surface area (Å²) >= 11 is 0. The zero-order valence-corrected chi connectivity index (χ0v) is 14.7. The maximum atomic E-state index is 12.5. The van der Waals surface area contributed by atoms with Gasteiger partial charge in [0.2, 0.25) is 0 Å². The average Bonchev–Trinajstić information content (AvgIpc) is 2.70. The van der Waals surface area contributed by atoms with Crippen molar-refractivity contribution in [3.8, 4) is 6.01 Å². The highest BCUT2D eigenvalue weighted by atomic mass is 16.5. The van der Waals surface area contributed by atoms with E-state index in [1.54, 1.807) is 18.5 Å². The molecule has 0 saturated carbocycles. The quantitative estimate of drug-likeness (QED) is 0.442. The van der Waals surface area contributed by atoms with Crippen LogP contribution in [0.15, 0.2) is 34.1 Å². The van der Waals surface area contributed by atoms with E-state index in [-0.39, 0.29) is 36.9 Å². The van der Waals surface area contributed by atoms with Gasteiger partial charge in [-0.1, -0.05) is 11.2 Å². The van der Waals surface area contributed by atoms with Gasteiger partial charge in [0, 0.05) is 32.5 Å². The molecular formula is C16H19N7O4. The molecule has 0 bridgehead atoms. The van der Waals surface area contributed by atoms with E-state index in [1.165, 1.54) is 11.6 Å². The molecule has 11 nitrogen and oxygen atoms in total. The van der Waals surface area contributed by atoms with Crippen LogP contribution in [0.3, 0.4) is 0 Å². The van der Waals surface area contributed by atoms with Crippen LogP contribution in [0.1, 0.15) is 5.56 Å². The highest BCUT2D eigenvalue weighted by Crippen LogP contribution is 2.08. The summed E-state index contributed by atoms with van der Waals surface area (Å²) in [5.74, 6) is 0. The topological polar surface area (TPSA) is 137 Å². The van der Waals surface area contributed by atoms with Gasteiger partial charge in [0.05, 0.1) is 13.2 Å². The molecule has 3 heterocycles. The van der Waals surface area contributed by atoms with Crippen molar-refractivity contribution < 1.29 is 9.84 Å². The van der Waals surface area contributed by atoms with Crippen molar-refractivity contribution in [1.29, 1.82) is 0 Å². The molecule has 0 unspecified atom stereocenters. The van der Waals surface area contributed by atoms with E-state index < -0.39 is 11.2 Å².